The molecule has 100 valence electrons. The van der Waals surface area contributed by atoms with Gasteiger partial charge in [-0.25, -0.2) is 0 Å². The number of benzene rings is 1. The van der Waals surface area contributed by atoms with Crippen molar-refractivity contribution < 1.29 is 9.47 Å². The van der Waals surface area contributed by atoms with Gasteiger partial charge in [0, 0.05) is 11.8 Å². The third-order valence-electron chi connectivity index (χ3n) is 2.35. The average Bonchev–Trinajstić information content (AvgIpc) is 2.38. The first-order valence-electron chi connectivity index (χ1n) is 5.41. The summed E-state index contributed by atoms with van der Waals surface area (Å²) in [7, 11) is 3.07. The Kier molecular flexibility index (Phi) is 3.91. The highest BCUT2D eigenvalue weighted by molar-refractivity contribution is 6.32. The molecule has 19 heavy (non-hydrogen) atoms. The molecule has 0 atom stereocenters. The lowest BCUT2D eigenvalue weighted by Gasteiger charge is -2.09. The maximum atomic E-state index is 6.04. The van der Waals surface area contributed by atoms with Gasteiger partial charge < -0.3 is 20.5 Å². The number of anilines is 3. The van der Waals surface area contributed by atoms with Crippen LogP contribution in [-0.2, 0) is 0 Å². The first kappa shape index (κ1) is 13.2. The quantitative estimate of drug-likeness (QED) is 0.895. The van der Waals surface area contributed by atoms with E-state index >= 15 is 0 Å². The first-order chi connectivity index (χ1) is 9.12. The van der Waals surface area contributed by atoms with Gasteiger partial charge in [-0.2, -0.15) is 9.97 Å². The SMILES string of the molecule is COc1cc(Nc2ccc(OC)c(Cl)c2)nc(N)n1. The molecule has 0 saturated carbocycles. The predicted octanol–water partition coefficient (Wildman–Crippen LogP) is 2.47. The van der Waals surface area contributed by atoms with Crippen LogP contribution in [0.2, 0.25) is 5.02 Å². The van der Waals surface area contributed by atoms with Crippen molar-refractivity contribution in [2.24, 2.45) is 0 Å². The zero-order valence-electron chi connectivity index (χ0n) is 10.5. The molecule has 3 N–H and O–H groups in total. The molecule has 0 radical (unpaired) electrons. The predicted molar refractivity (Wildman–Crippen MR) is 74.3 cm³/mol. The Morgan fingerprint density at radius 2 is 1.95 bits per heavy atom. The van der Waals surface area contributed by atoms with E-state index in [1.807, 2.05) is 6.07 Å². The Balaban J connectivity index is 2.25. The van der Waals surface area contributed by atoms with Crippen molar-refractivity contribution in [1.82, 2.24) is 9.97 Å². The molecule has 1 heterocycles. The topological polar surface area (TPSA) is 82.3 Å². The molecule has 0 saturated heterocycles. The Morgan fingerprint density at radius 1 is 1.16 bits per heavy atom. The molecule has 0 aliphatic carbocycles. The van der Waals surface area contributed by atoms with E-state index in [-0.39, 0.29) is 5.95 Å². The largest absolute Gasteiger partial charge is 0.495 e. The molecule has 0 unspecified atom stereocenters. The van der Waals surface area contributed by atoms with E-state index in [4.69, 9.17) is 26.8 Å². The van der Waals surface area contributed by atoms with Crippen molar-refractivity contribution in [3.63, 3.8) is 0 Å². The van der Waals surface area contributed by atoms with E-state index < -0.39 is 0 Å². The number of hydrogen-bond acceptors (Lipinski definition) is 6. The molecule has 0 amide bonds. The zero-order chi connectivity index (χ0) is 13.8. The van der Waals surface area contributed by atoms with E-state index in [1.54, 1.807) is 25.3 Å². The van der Waals surface area contributed by atoms with E-state index in [2.05, 4.69) is 15.3 Å². The summed E-state index contributed by atoms with van der Waals surface area (Å²) in [6, 6.07) is 6.93. The van der Waals surface area contributed by atoms with E-state index in [9.17, 15) is 0 Å². The van der Waals surface area contributed by atoms with Crippen LogP contribution in [0.3, 0.4) is 0 Å². The molecule has 0 spiro atoms. The summed E-state index contributed by atoms with van der Waals surface area (Å²) in [6.07, 6.45) is 0. The second-order valence-electron chi connectivity index (χ2n) is 3.63. The Labute approximate surface area is 115 Å². The van der Waals surface area contributed by atoms with Crippen molar-refractivity contribution in [2.45, 2.75) is 0 Å². The van der Waals surface area contributed by atoms with Crippen LogP contribution >= 0.6 is 11.6 Å². The molecule has 6 nitrogen and oxygen atoms in total. The van der Waals surface area contributed by atoms with Crippen molar-refractivity contribution in [2.75, 3.05) is 25.3 Å². The molecule has 2 aromatic rings. The second kappa shape index (κ2) is 5.62. The highest BCUT2D eigenvalue weighted by atomic mass is 35.5. The van der Waals surface area contributed by atoms with Crippen LogP contribution in [0.15, 0.2) is 24.3 Å². The number of halogens is 1. The Bertz CT molecular complexity index is 592. The van der Waals surface area contributed by atoms with Crippen LogP contribution < -0.4 is 20.5 Å². The molecule has 7 heteroatoms. The number of aromatic nitrogens is 2. The molecule has 0 aliphatic heterocycles. The number of rotatable bonds is 4. The van der Waals surface area contributed by atoms with Crippen molar-refractivity contribution >= 4 is 29.1 Å². The van der Waals surface area contributed by atoms with Gasteiger partial charge in [0.05, 0.1) is 19.2 Å². The number of nitrogens with two attached hydrogens (primary N) is 1. The van der Waals surface area contributed by atoms with Crippen molar-refractivity contribution in [3.8, 4) is 11.6 Å². The third-order valence-corrected chi connectivity index (χ3v) is 2.65. The summed E-state index contributed by atoms with van der Waals surface area (Å²) < 4.78 is 10.1. The normalized spacial score (nSPS) is 10.1. The van der Waals surface area contributed by atoms with Crippen LogP contribution in [0.25, 0.3) is 0 Å². The monoisotopic (exact) mass is 280 g/mol. The molecule has 2 rings (SSSR count). The molecule has 1 aromatic heterocycles. The van der Waals surface area contributed by atoms with Gasteiger partial charge in [-0.3, -0.25) is 0 Å². The highest BCUT2D eigenvalue weighted by Gasteiger charge is 2.05. The molecule has 0 bridgehead atoms. The molecule has 0 aliphatic rings. The van der Waals surface area contributed by atoms with Gasteiger partial charge in [-0.15, -0.1) is 0 Å². The number of nitrogen functional groups attached to an aromatic ring is 1. The van der Waals surface area contributed by atoms with Gasteiger partial charge >= 0.3 is 0 Å². The zero-order valence-corrected chi connectivity index (χ0v) is 11.2. The van der Waals surface area contributed by atoms with Gasteiger partial charge in [0.1, 0.15) is 11.6 Å². The fourth-order valence-corrected chi connectivity index (χ4v) is 1.76. The third kappa shape index (κ3) is 3.17. The number of ether oxygens (including phenoxy) is 2. The number of hydrogen-bond donors (Lipinski definition) is 2. The minimum Gasteiger partial charge on any atom is -0.495 e. The fourth-order valence-electron chi connectivity index (χ4n) is 1.50. The summed E-state index contributed by atoms with van der Waals surface area (Å²) in [6.45, 7) is 0. The summed E-state index contributed by atoms with van der Waals surface area (Å²) in [5, 5.41) is 3.56. The molecule has 0 fully saturated rings. The Morgan fingerprint density at radius 3 is 2.58 bits per heavy atom. The summed E-state index contributed by atoms with van der Waals surface area (Å²) >= 11 is 6.04. The first-order valence-corrected chi connectivity index (χ1v) is 5.79. The van der Waals surface area contributed by atoms with Crippen LogP contribution in [0, 0.1) is 0 Å². The van der Waals surface area contributed by atoms with E-state index in [0.29, 0.717) is 22.5 Å². The Hall–Kier alpha value is -2.21. The average molecular weight is 281 g/mol. The van der Waals surface area contributed by atoms with Gasteiger partial charge in [-0.05, 0) is 18.2 Å². The summed E-state index contributed by atoms with van der Waals surface area (Å²) in [4.78, 5) is 7.95. The van der Waals surface area contributed by atoms with Crippen molar-refractivity contribution in [1.29, 1.82) is 0 Å². The molecule has 1 aromatic carbocycles. The number of nitrogens with one attached hydrogen (secondary N) is 1. The second-order valence-corrected chi connectivity index (χ2v) is 4.04. The van der Waals surface area contributed by atoms with Gasteiger partial charge in [-0.1, -0.05) is 11.6 Å². The fraction of sp³-hybridized carbons (Fsp3) is 0.167. The van der Waals surface area contributed by atoms with Gasteiger partial charge in [0.25, 0.3) is 0 Å². The van der Waals surface area contributed by atoms with Gasteiger partial charge in [0.15, 0.2) is 0 Å². The summed E-state index contributed by atoms with van der Waals surface area (Å²) in [5.74, 6) is 1.63. The smallest absolute Gasteiger partial charge is 0.225 e. The van der Waals surface area contributed by atoms with Crippen LogP contribution in [0.1, 0.15) is 0 Å². The standard InChI is InChI=1S/C12H13ClN4O2/c1-18-9-4-3-7(5-8(9)13)15-10-6-11(19-2)17-12(14)16-10/h3-6H,1-2H3,(H3,14,15,16,17). The van der Waals surface area contributed by atoms with E-state index in [1.165, 1.54) is 7.11 Å². The van der Waals surface area contributed by atoms with Gasteiger partial charge in [0.2, 0.25) is 11.8 Å². The lowest BCUT2D eigenvalue weighted by molar-refractivity contribution is 0.398. The minimum absolute atomic E-state index is 0.126. The summed E-state index contributed by atoms with van der Waals surface area (Å²) in [5.41, 5.74) is 6.33. The lowest BCUT2D eigenvalue weighted by atomic mass is 10.3. The number of nitrogens with zero attached hydrogens (tertiary/aromatic N) is 2. The van der Waals surface area contributed by atoms with E-state index in [0.717, 1.165) is 5.69 Å². The van der Waals surface area contributed by atoms with Crippen molar-refractivity contribution in [3.05, 3.63) is 29.3 Å². The number of methoxy groups -OCH3 is 2. The van der Waals surface area contributed by atoms with Crippen LogP contribution in [-0.4, -0.2) is 24.2 Å². The maximum Gasteiger partial charge on any atom is 0.225 e. The molecular weight excluding hydrogens is 268 g/mol. The highest BCUT2D eigenvalue weighted by Crippen LogP contribution is 2.29. The lowest BCUT2D eigenvalue weighted by Crippen LogP contribution is -2.01. The minimum atomic E-state index is 0.126. The molecular formula is C12H13ClN4O2. The van der Waals surface area contributed by atoms with Crippen LogP contribution in [0.5, 0.6) is 11.6 Å². The van der Waals surface area contributed by atoms with Crippen LogP contribution in [0.4, 0.5) is 17.5 Å². The maximum absolute atomic E-state index is 6.04.